The average Bonchev–Trinajstić information content (AvgIpc) is 2.27. The monoisotopic (exact) mass is 203 g/mol. The van der Waals surface area contributed by atoms with Crippen LogP contribution >= 0.6 is 0 Å². The maximum atomic E-state index is 9.19. The van der Waals surface area contributed by atoms with E-state index >= 15 is 0 Å². The largest absolute Gasteiger partial charge is 0.508 e. The summed E-state index contributed by atoms with van der Waals surface area (Å²) in [5.41, 5.74) is 1.21. The molecule has 2 unspecified atom stereocenters. The van der Waals surface area contributed by atoms with Crippen molar-refractivity contribution in [3.63, 3.8) is 0 Å². The van der Waals surface area contributed by atoms with Gasteiger partial charge in [-0.3, -0.25) is 0 Å². The van der Waals surface area contributed by atoms with Crippen molar-refractivity contribution in [1.29, 1.82) is 5.26 Å². The van der Waals surface area contributed by atoms with Crippen LogP contribution in [-0.4, -0.2) is 5.11 Å². The highest BCUT2D eigenvalue weighted by Gasteiger charge is 2.13. The quantitative estimate of drug-likeness (QED) is 0.814. The molecule has 0 amide bonds. The Morgan fingerprint density at radius 1 is 1.33 bits per heavy atom. The highest BCUT2D eigenvalue weighted by atomic mass is 16.3. The molecule has 1 aromatic carbocycles. The predicted molar refractivity (Wildman–Crippen MR) is 60.5 cm³/mol. The van der Waals surface area contributed by atoms with E-state index in [1.54, 1.807) is 12.1 Å². The number of hydrogen-bond acceptors (Lipinski definition) is 2. The molecule has 0 bridgehead atoms. The Morgan fingerprint density at radius 3 is 2.40 bits per heavy atom. The highest BCUT2D eigenvalue weighted by Crippen LogP contribution is 2.27. The Morgan fingerprint density at radius 2 is 1.93 bits per heavy atom. The van der Waals surface area contributed by atoms with Gasteiger partial charge in [-0.1, -0.05) is 19.1 Å². The Labute approximate surface area is 91.2 Å². The maximum Gasteiger partial charge on any atom is 0.115 e. The van der Waals surface area contributed by atoms with Crippen molar-refractivity contribution in [2.45, 2.75) is 32.6 Å². The van der Waals surface area contributed by atoms with E-state index in [0.29, 0.717) is 11.7 Å². The van der Waals surface area contributed by atoms with Gasteiger partial charge in [0.1, 0.15) is 5.75 Å². The van der Waals surface area contributed by atoms with E-state index in [1.165, 1.54) is 5.56 Å². The van der Waals surface area contributed by atoms with Gasteiger partial charge in [0.25, 0.3) is 0 Å². The molecule has 0 fully saturated rings. The minimum Gasteiger partial charge on any atom is -0.508 e. The van der Waals surface area contributed by atoms with Gasteiger partial charge in [0.15, 0.2) is 0 Å². The van der Waals surface area contributed by atoms with Crippen LogP contribution in [0.5, 0.6) is 5.75 Å². The van der Waals surface area contributed by atoms with Crippen molar-refractivity contribution in [2.24, 2.45) is 5.92 Å². The minimum absolute atomic E-state index is 0.0868. The van der Waals surface area contributed by atoms with E-state index in [-0.39, 0.29) is 5.92 Å². The van der Waals surface area contributed by atoms with Gasteiger partial charge in [0.05, 0.1) is 6.07 Å². The molecule has 0 aliphatic rings. The van der Waals surface area contributed by atoms with Crippen LogP contribution in [0.15, 0.2) is 24.3 Å². The first-order valence-electron chi connectivity index (χ1n) is 5.36. The SMILES string of the molecule is CCC(CC(C)C#N)c1ccc(O)cc1. The predicted octanol–water partition coefficient (Wildman–Crippen LogP) is 3.44. The van der Waals surface area contributed by atoms with Gasteiger partial charge in [-0.25, -0.2) is 0 Å². The van der Waals surface area contributed by atoms with Crippen molar-refractivity contribution < 1.29 is 5.11 Å². The van der Waals surface area contributed by atoms with Crippen LogP contribution in [0.25, 0.3) is 0 Å². The molecule has 2 heteroatoms. The van der Waals surface area contributed by atoms with E-state index in [2.05, 4.69) is 13.0 Å². The van der Waals surface area contributed by atoms with Gasteiger partial charge in [-0.2, -0.15) is 5.26 Å². The standard InChI is InChI=1S/C13H17NO/c1-3-11(8-10(2)9-14)12-4-6-13(15)7-5-12/h4-7,10-11,15H,3,8H2,1-2H3. The number of phenolic OH excluding ortho intramolecular Hbond substituents is 1. The van der Waals surface area contributed by atoms with Gasteiger partial charge >= 0.3 is 0 Å². The summed E-state index contributed by atoms with van der Waals surface area (Å²) in [6.45, 7) is 4.07. The summed E-state index contributed by atoms with van der Waals surface area (Å²) in [5, 5.41) is 18.0. The lowest BCUT2D eigenvalue weighted by molar-refractivity contribution is 0.474. The van der Waals surface area contributed by atoms with Gasteiger partial charge in [-0.05, 0) is 43.4 Å². The summed E-state index contributed by atoms with van der Waals surface area (Å²) < 4.78 is 0. The first-order valence-corrected chi connectivity index (χ1v) is 5.36. The Balaban J connectivity index is 2.75. The third-order valence-electron chi connectivity index (χ3n) is 2.72. The zero-order valence-electron chi connectivity index (χ0n) is 9.27. The summed E-state index contributed by atoms with van der Waals surface area (Å²) >= 11 is 0. The molecule has 1 rings (SSSR count). The van der Waals surface area contributed by atoms with Gasteiger partial charge in [0.2, 0.25) is 0 Å². The van der Waals surface area contributed by atoms with Crippen LogP contribution in [-0.2, 0) is 0 Å². The van der Waals surface area contributed by atoms with Crippen LogP contribution in [0.2, 0.25) is 0 Å². The van der Waals surface area contributed by atoms with Gasteiger partial charge < -0.3 is 5.11 Å². The zero-order chi connectivity index (χ0) is 11.3. The molecule has 0 aliphatic heterocycles. The lowest BCUT2D eigenvalue weighted by Crippen LogP contribution is -2.02. The minimum atomic E-state index is 0.0868. The second-order valence-electron chi connectivity index (χ2n) is 3.96. The normalized spacial score (nSPS) is 14.2. The van der Waals surface area contributed by atoms with Crippen LogP contribution in [0, 0.1) is 17.2 Å². The summed E-state index contributed by atoms with van der Waals surface area (Å²) in [4.78, 5) is 0. The van der Waals surface area contributed by atoms with E-state index in [0.717, 1.165) is 12.8 Å². The molecular formula is C13H17NO. The van der Waals surface area contributed by atoms with Crippen molar-refractivity contribution in [3.8, 4) is 11.8 Å². The summed E-state index contributed by atoms with van der Waals surface area (Å²) in [7, 11) is 0. The molecule has 2 atom stereocenters. The smallest absolute Gasteiger partial charge is 0.115 e. The molecular weight excluding hydrogens is 186 g/mol. The topological polar surface area (TPSA) is 44.0 Å². The number of nitrogens with zero attached hydrogens (tertiary/aromatic N) is 1. The third kappa shape index (κ3) is 3.28. The van der Waals surface area contributed by atoms with Gasteiger partial charge in [-0.15, -0.1) is 0 Å². The van der Waals surface area contributed by atoms with E-state index in [4.69, 9.17) is 5.26 Å². The molecule has 0 aromatic heterocycles. The summed E-state index contributed by atoms with van der Waals surface area (Å²) in [5.74, 6) is 0.797. The first-order chi connectivity index (χ1) is 7.17. The molecule has 15 heavy (non-hydrogen) atoms. The number of nitriles is 1. The molecule has 1 aromatic rings. The second kappa shape index (κ2) is 5.41. The molecule has 0 saturated heterocycles. The second-order valence-corrected chi connectivity index (χ2v) is 3.96. The fourth-order valence-corrected chi connectivity index (χ4v) is 1.76. The van der Waals surface area contributed by atoms with Crippen molar-refractivity contribution in [1.82, 2.24) is 0 Å². The number of phenols is 1. The van der Waals surface area contributed by atoms with E-state index in [1.807, 2.05) is 19.1 Å². The molecule has 80 valence electrons. The fourth-order valence-electron chi connectivity index (χ4n) is 1.76. The summed E-state index contributed by atoms with van der Waals surface area (Å²) in [6.07, 6.45) is 1.91. The first kappa shape index (κ1) is 11.6. The highest BCUT2D eigenvalue weighted by molar-refractivity contribution is 5.28. The zero-order valence-corrected chi connectivity index (χ0v) is 9.27. The van der Waals surface area contributed by atoms with E-state index < -0.39 is 0 Å². The average molecular weight is 203 g/mol. The van der Waals surface area contributed by atoms with Crippen LogP contribution < -0.4 is 0 Å². The molecule has 0 heterocycles. The molecule has 0 spiro atoms. The Kier molecular flexibility index (Phi) is 4.17. The van der Waals surface area contributed by atoms with Crippen molar-refractivity contribution >= 4 is 0 Å². The van der Waals surface area contributed by atoms with Crippen LogP contribution in [0.4, 0.5) is 0 Å². The summed E-state index contributed by atoms with van der Waals surface area (Å²) in [6, 6.07) is 9.54. The Bertz CT molecular complexity index is 337. The van der Waals surface area contributed by atoms with Crippen molar-refractivity contribution in [3.05, 3.63) is 29.8 Å². The van der Waals surface area contributed by atoms with E-state index in [9.17, 15) is 5.11 Å². The van der Waals surface area contributed by atoms with Crippen molar-refractivity contribution in [2.75, 3.05) is 0 Å². The third-order valence-corrected chi connectivity index (χ3v) is 2.72. The lowest BCUT2D eigenvalue weighted by Gasteiger charge is -2.16. The molecule has 0 aliphatic carbocycles. The Hall–Kier alpha value is -1.49. The number of hydrogen-bond donors (Lipinski definition) is 1. The van der Waals surface area contributed by atoms with Gasteiger partial charge in [0, 0.05) is 5.92 Å². The van der Waals surface area contributed by atoms with Crippen LogP contribution in [0.3, 0.4) is 0 Å². The number of benzene rings is 1. The molecule has 1 N–H and O–H groups in total. The number of rotatable bonds is 4. The fraction of sp³-hybridized carbons (Fsp3) is 0.462. The number of aromatic hydroxyl groups is 1. The maximum absolute atomic E-state index is 9.19. The van der Waals surface area contributed by atoms with Crippen LogP contribution in [0.1, 0.15) is 38.2 Å². The lowest BCUT2D eigenvalue weighted by atomic mass is 9.88. The molecule has 0 radical (unpaired) electrons. The molecule has 2 nitrogen and oxygen atoms in total. The molecule has 0 saturated carbocycles.